The molecule has 1 aromatic carbocycles. The topological polar surface area (TPSA) is 50.4 Å². The number of hydrogen-bond acceptors (Lipinski definition) is 4. The average molecular weight is 306 g/mol. The number of piperidine rings is 1. The van der Waals surface area contributed by atoms with Crippen molar-refractivity contribution in [3.63, 3.8) is 0 Å². The predicted molar refractivity (Wildman–Crippen MR) is 84.8 cm³/mol. The lowest BCUT2D eigenvalue weighted by molar-refractivity contribution is -0.119. The maximum Gasteiger partial charge on any atom is 0.230 e. The average Bonchev–Trinajstić information content (AvgIpc) is 2.84. The second-order valence-electron chi connectivity index (χ2n) is 5.84. The van der Waals surface area contributed by atoms with Crippen LogP contribution in [-0.2, 0) is 4.79 Å². The van der Waals surface area contributed by atoms with Crippen LogP contribution in [-0.4, -0.2) is 36.9 Å². The number of benzene rings is 1. The molecular formula is C16H22N2O2S. The summed E-state index contributed by atoms with van der Waals surface area (Å²) in [6.07, 6.45) is 4.67. The largest absolute Gasteiger partial charge is 0.497 e. The van der Waals surface area contributed by atoms with Crippen LogP contribution < -0.4 is 15.4 Å². The molecule has 0 aromatic heterocycles. The fourth-order valence-electron chi connectivity index (χ4n) is 3.28. The van der Waals surface area contributed by atoms with E-state index in [1.165, 1.54) is 12.8 Å². The van der Waals surface area contributed by atoms with Crippen LogP contribution >= 0.6 is 11.8 Å². The van der Waals surface area contributed by atoms with Gasteiger partial charge in [0.05, 0.1) is 12.9 Å². The highest BCUT2D eigenvalue weighted by Gasteiger charge is 2.33. The van der Waals surface area contributed by atoms with Gasteiger partial charge in [0, 0.05) is 23.0 Å². The predicted octanol–water partition coefficient (Wildman–Crippen LogP) is 2.19. The van der Waals surface area contributed by atoms with Gasteiger partial charge in [-0.05, 0) is 43.9 Å². The number of fused-ring (bicyclic) bond motifs is 2. The van der Waals surface area contributed by atoms with Crippen molar-refractivity contribution in [2.75, 3.05) is 12.9 Å². The van der Waals surface area contributed by atoms with Gasteiger partial charge >= 0.3 is 0 Å². The Bertz CT molecular complexity index is 497. The van der Waals surface area contributed by atoms with E-state index in [1.807, 2.05) is 24.3 Å². The molecule has 4 nitrogen and oxygen atoms in total. The molecule has 0 saturated carbocycles. The van der Waals surface area contributed by atoms with Crippen molar-refractivity contribution in [1.29, 1.82) is 0 Å². The number of carbonyl (C=O) groups is 1. The van der Waals surface area contributed by atoms with Crippen LogP contribution in [0, 0.1) is 0 Å². The Morgan fingerprint density at radius 2 is 2.14 bits per heavy atom. The standard InChI is InChI=1S/C16H22N2O2S/c1-20-14-3-2-4-15(9-14)21-10-16(19)18-13-7-11-5-6-12(8-13)17-11/h2-4,9,11-13,17H,5-8,10H2,1H3,(H,18,19). The van der Waals surface area contributed by atoms with Crippen LogP contribution in [0.4, 0.5) is 0 Å². The quantitative estimate of drug-likeness (QED) is 0.819. The van der Waals surface area contributed by atoms with Crippen molar-refractivity contribution in [2.24, 2.45) is 0 Å². The molecule has 5 heteroatoms. The van der Waals surface area contributed by atoms with Crippen LogP contribution in [0.15, 0.2) is 29.2 Å². The molecule has 2 aliphatic heterocycles. The first-order chi connectivity index (χ1) is 10.2. The summed E-state index contributed by atoms with van der Waals surface area (Å²) in [5.41, 5.74) is 0. The molecule has 114 valence electrons. The van der Waals surface area contributed by atoms with E-state index in [0.29, 0.717) is 23.9 Å². The third kappa shape index (κ3) is 3.92. The second kappa shape index (κ2) is 6.71. The Kier molecular flexibility index (Phi) is 4.70. The highest BCUT2D eigenvalue weighted by molar-refractivity contribution is 8.00. The van der Waals surface area contributed by atoms with Crippen molar-refractivity contribution in [2.45, 2.75) is 48.7 Å². The SMILES string of the molecule is COc1cccc(SCC(=O)NC2CC3CCC(C2)N3)c1. The lowest BCUT2D eigenvalue weighted by atomic mass is 10.00. The number of carbonyl (C=O) groups excluding carboxylic acids is 1. The minimum Gasteiger partial charge on any atom is -0.497 e. The van der Waals surface area contributed by atoms with E-state index in [0.717, 1.165) is 23.5 Å². The second-order valence-corrected chi connectivity index (χ2v) is 6.89. The van der Waals surface area contributed by atoms with Crippen molar-refractivity contribution in [3.05, 3.63) is 24.3 Å². The van der Waals surface area contributed by atoms with Gasteiger partial charge in [0.15, 0.2) is 0 Å². The molecule has 2 bridgehead atoms. The summed E-state index contributed by atoms with van der Waals surface area (Å²) in [6, 6.07) is 9.40. The maximum atomic E-state index is 12.1. The van der Waals surface area contributed by atoms with Crippen molar-refractivity contribution >= 4 is 17.7 Å². The number of methoxy groups -OCH3 is 1. The molecule has 3 rings (SSSR count). The Morgan fingerprint density at radius 1 is 1.38 bits per heavy atom. The van der Waals surface area contributed by atoms with Gasteiger partial charge < -0.3 is 15.4 Å². The summed E-state index contributed by atoms with van der Waals surface area (Å²) in [6.45, 7) is 0. The van der Waals surface area contributed by atoms with E-state index in [9.17, 15) is 4.79 Å². The van der Waals surface area contributed by atoms with Crippen molar-refractivity contribution < 1.29 is 9.53 Å². The summed E-state index contributed by atoms with van der Waals surface area (Å²) in [5, 5.41) is 6.78. The van der Waals surface area contributed by atoms with Gasteiger partial charge in [-0.25, -0.2) is 0 Å². The smallest absolute Gasteiger partial charge is 0.230 e. The normalized spacial score (nSPS) is 27.4. The minimum atomic E-state index is 0.133. The van der Waals surface area contributed by atoms with Gasteiger partial charge in [-0.15, -0.1) is 11.8 Å². The van der Waals surface area contributed by atoms with Gasteiger partial charge in [-0.2, -0.15) is 0 Å². The third-order valence-electron chi connectivity index (χ3n) is 4.25. The Balaban J connectivity index is 1.46. The molecule has 1 aromatic rings. The summed E-state index contributed by atoms with van der Waals surface area (Å²) in [5.74, 6) is 1.43. The number of rotatable bonds is 5. The van der Waals surface area contributed by atoms with E-state index < -0.39 is 0 Å². The van der Waals surface area contributed by atoms with Gasteiger partial charge in [-0.3, -0.25) is 4.79 Å². The monoisotopic (exact) mass is 306 g/mol. The zero-order chi connectivity index (χ0) is 14.7. The van der Waals surface area contributed by atoms with E-state index in [-0.39, 0.29) is 5.91 Å². The molecule has 2 unspecified atom stereocenters. The van der Waals surface area contributed by atoms with Gasteiger partial charge in [0.1, 0.15) is 5.75 Å². The molecule has 0 radical (unpaired) electrons. The molecular weight excluding hydrogens is 284 g/mol. The highest BCUT2D eigenvalue weighted by atomic mass is 32.2. The first-order valence-electron chi connectivity index (χ1n) is 7.55. The zero-order valence-corrected chi connectivity index (χ0v) is 13.1. The van der Waals surface area contributed by atoms with E-state index in [2.05, 4.69) is 10.6 Å². The van der Waals surface area contributed by atoms with Crippen LogP contribution in [0.3, 0.4) is 0 Å². The van der Waals surface area contributed by atoms with E-state index >= 15 is 0 Å². The van der Waals surface area contributed by atoms with E-state index in [1.54, 1.807) is 18.9 Å². The molecule has 21 heavy (non-hydrogen) atoms. The fourth-order valence-corrected chi connectivity index (χ4v) is 4.04. The molecule has 0 spiro atoms. The van der Waals surface area contributed by atoms with Crippen molar-refractivity contribution in [3.8, 4) is 5.75 Å². The molecule has 0 aliphatic carbocycles. The Labute approximate surface area is 130 Å². The van der Waals surface area contributed by atoms with Gasteiger partial charge in [0.25, 0.3) is 0 Å². The molecule has 2 saturated heterocycles. The molecule has 2 aliphatic rings. The first kappa shape index (κ1) is 14.7. The molecule has 2 heterocycles. The van der Waals surface area contributed by atoms with Gasteiger partial charge in [0.2, 0.25) is 5.91 Å². The summed E-state index contributed by atoms with van der Waals surface area (Å²) in [4.78, 5) is 13.2. The number of hydrogen-bond donors (Lipinski definition) is 2. The van der Waals surface area contributed by atoms with Crippen LogP contribution in [0.1, 0.15) is 25.7 Å². The minimum absolute atomic E-state index is 0.133. The Hall–Kier alpha value is -1.20. The lowest BCUT2D eigenvalue weighted by Gasteiger charge is -2.29. The zero-order valence-electron chi connectivity index (χ0n) is 12.3. The summed E-state index contributed by atoms with van der Waals surface area (Å²) >= 11 is 1.56. The fraction of sp³-hybridized carbons (Fsp3) is 0.562. The third-order valence-corrected chi connectivity index (χ3v) is 5.24. The number of thioether (sulfide) groups is 1. The molecule has 1 amide bonds. The lowest BCUT2D eigenvalue weighted by Crippen LogP contribution is -2.48. The van der Waals surface area contributed by atoms with Crippen LogP contribution in [0.2, 0.25) is 0 Å². The van der Waals surface area contributed by atoms with Crippen molar-refractivity contribution in [1.82, 2.24) is 10.6 Å². The molecule has 2 N–H and O–H groups in total. The highest BCUT2D eigenvalue weighted by Crippen LogP contribution is 2.27. The first-order valence-corrected chi connectivity index (χ1v) is 8.54. The van der Waals surface area contributed by atoms with Gasteiger partial charge in [-0.1, -0.05) is 6.07 Å². The number of nitrogens with one attached hydrogen (secondary N) is 2. The van der Waals surface area contributed by atoms with E-state index in [4.69, 9.17) is 4.74 Å². The summed E-state index contributed by atoms with van der Waals surface area (Å²) in [7, 11) is 1.65. The van der Waals surface area contributed by atoms with Crippen LogP contribution in [0.5, 0.6) is 5.75 Å². The maximum absolute atomic E-state index is 12.1. The number of amides is 1. The number of ether oxygens (including phenoxy) is 1. The van der Waals surface area contributed by atoms with Crippen LogP contribution in [0.25, 0.3) is 0 Å². The molecule has 2 fully saturated rings. The Morgan fingerprint density at radius 3 is 2.86 bits per heavy atom. The molecule has 2 atom stereocenters. The summed E-state index contributed by atoms with van der Waals surface area (Å²) < 4.78 is 5.19.